The summed E-state index contributed by atoms with van der Waals surface area (Å²) in [6.45, 7) is 1.70. The van der Waals surface area contributed by atoms with Gasteiger partial charge in [0, 0.05) is 18.7 Å². The maximum absolute atomic E-state index is 12.0. The van der Waals surface area contributed by atoms with Gasteiger partial charge in [-0.3, -0.25) is 9.59 Å². The summed E-state index contributed by atoms with van der Waals surface area (Å²) in [5.41, 5.74) is 0.583. The summed E-state index contributed by atoms with van der Waals surface area (Å²) < 4.78 is 0. The number of carbonyl (C=O) groups excluding carboxylic acids is 2. The lowest BCUT2D eigenvalue weighted by Gasteiger charge is -2.30. The highest BCUT2D eigenvalue weighted by atomic mass is 16.2. The van der Waals surface area contributed by atoms with Gasteiger partial charge < -0.3 is 10.2 Å². The van der Waals surface area contributed by atoms with E-state index >= 15 is 0 Å². The molecule has 1 N–H and O–H groups in total. The molecule has 0 atom stereocenters. The van der Waals surface area contributed by atoms with E-state index in [1.54, 1.807) is 11.0 Å². The molecule has 1 aliphatic rings. The van der Waals surface area contributed by atoms with Crippen molar-refractivity contribution in [2.75, 3.05) is 19.6 Å². The maximum atomic E-state index is 12.0. The summed E-state index contributed by atoms with van der Waals surface area (Å²) in [6, 6.07) is 13.4. The third-order valence-electron chi connectivity index (χ3n) is 3.62. The average molecular weight is 268 g/mol. The maximum Gasteiger partial charge on any atom is 0.251 e. The Morgan fingerprint density at radius 3 is 2.50 bits per heavy atom. The molecular formula is C16H16N2O2. The number of benzene rings is 2. The molecule has 1 aliphatic heterocycles. The smallest absolute Gasteiger partial charge is 0.251 e. The topological polar surface area (TPSA) is 49.4 Å². The first kappa shape index (κ1) is 12.7. The van der Waals surface area contributed by atoms with Crippen LogP contribution in [0.3, 0.4) is 0 Å². The molecule has 0 unspecified atom stereocenters. The SMILES string of the molecule is O=C(NCC(=O)N1CCC1)c1ccc2ccccc2c1. The van der Waals surface area contributed by atoms with E-state index in [-0.39, 0.29) is 18.4 Å². The predicted octanol–water partition coefficient (Wildman–Crippen LogP) is 1.80. The van der Waals surface area contributed by atoms with E-state index in [0.29, 0.717) is 5.56 Å². The fraction of sp³-hybridized carbons (Fsp3) is 0.250. The van der Waals surface area contributed by atoms with Crippen LogP contribution in [0.1, 0.15) is 16.8 Å². The van der Waals surface area contributed by atoms with E-state index in [9.17, 15) is 9.59 Å². The normalized spacial score (nSPS) is 13.9. The summed E-state index contributed by atoms with van der Waals surface area (Å²) in [5, 5.41) is 4.80. The van der Waals surface area contributed by atoms with Gasteiger partial charge in [-0.2, -0.15) is 0 Å². The number of hydrogen-bond donors (Lipinski definition) is 1. The number of carbonyl (C=O) groups is 2. The molecule has 4 nitrogen and oxygen atoms in total. The number of nitrogens with one attached hydrogen (secondary N) is 1. The number of likely N-dealkylation sites (tertiary alicyclic amines) is 1. The standard InChI is InChI=1S/C16H16N2O2/c19-15(18-8-3-9-18)11-17-16(20)14-7-6-12-4-1-2-5-13(12)10-14/h1-2,4-7,10H,3,8-9,11H2,(H,17,20). The fourth-order valence-corrected chi connectivity index (χ4v) is 2.27. The van der Waals surface area contributed by atoms with Gasteiger partial charge in [-0.25, -0.2) is 0 Å². The molecule has 0 aromatic heterocycles. The minimum atomic E-state index is -0.204. The summed E-state index contributed by atoms with van der Waals surface area (Å²) in [7, 11) is 0. The van der Waals surface area contributed by atoms with Crippen LogP contribution in [0.4, 0.5) is 0 Å². The van der Waals surface area contributed by atoms with Gasteiger partial charge in [0.2, 0.25) is 5.91 Å². The predicted molar refractivity (Wildman–Crippen MR) is 77.5 cm³/mol. The Bertz CT molecular complexity index is 662. The monoisotopic (exact) mass is 268 g/mol. The highest BCUT2D eigenvalue weighted by Gasteiger charge is 2.20. The Balaban J connectivity index is 1.67. The zero-order chi connectivity index (χ0) is 13.9. The zero-order valence-corrected chi connectivity index (χ0v) is 11.1. The van der Waals surface area contributed by atoms with Crippen LogP contribution in [0.5, 0.6) is 0 Å². The van der Waals surface area contributed by atoms with Crippen molar-refractivity contribution in [3.05, 3.63) is 48.0 Å². The molecule has 1 fully saturated rings. The highest BCUT2D eigenvalue weighted by Crippen LogP contribution is 2.15. The highest BCUT2D eigenvalue weighted by molar-refractivity contribution is 6.00. The van der Waals surface area contributed by atoms with E-state index in [4.69, 9.17) is 0 Å². The molecule has 0 saturated carbocycles. The van der Waals surface area contributed by atoms with Gasteiger partial charge in [0.1, 0.15) is 0 Å². The Morgan fingerprint density at radius 2 is 1.80 bits per heavy atom. The van der Waals surface area contributed by atoms with Crippen LogP contribution in [0.15, 0.2) is 42.5 Å². The van der Waals surface area contributed by atoms with Crippen molar-refractivity contribution < 1.29 is 9.59 Å². The van der Waals surface area contributed by atoms with Crippen molar-refractivity contribution >= 4 is 22.6 Å². The Labute approximate surface area is 117 Å². The second-order valence-corrected chi connectivity index (χ2v) is 4.98. The van der Waals surface area contributed by atoms with E-state index < -0.39 is 0 Å². The molecule has 0 bridgehead atoms. The first-order valence-electron chi connectivity index (χ1n) is 6.79. The summed E-state index contributed by atoms with van der Waals surface area (Å²) in [4.78, 5) is 25.5. The van der Waals surface area contributed by atoms with Gasteiger partial charge in [-0.05, 0) is 29.3 Å². The van der Waals surface area contributed by atoms with Gasteiger partial charge in [0.15, 0.2) is 0 Å². The van der Waals surface area contributed by atoms with Crippen molar-refractivity contribution in [3.63, 3.8) is 0 Å². The molecule has 0 spiro atoms. The third-order valence-corrected chi connectivity index (χ3v) is 3.62. The van der Waals surface area contributed by atoms with Crippen molar-refractivity contribution in [3.8, 4) is 0 Å². The van der Waals surface area contributed by atoms with Gasteiger partial charge >= 0.3 is 0 Å². The van der Waals surface area contributed by atoms with Crippen LogP contribution in [-0.2, 0) is 4.79 Å². The van der Waals surface area contributed by atoms with Gasteiger partial charge in [-0.15, -0.1) is 0 Å². The van der Waals surface area contributed by atoms with E-state index in [1.165, 1.54) is 0 Å². The quantitative estimate of drug-likeness (QED) is 0.922. The Hall–Kier alpha value is -2.36. The summed E-state index contributed by atoms with van der Waals surface area (Å²) in [5.74, 6) is -0.213. The molecule has 2 amide bonds. The molecule has 20 heavy (non-hydrogen) atoms. The molecule has 2 aromatic carbocycles. The Kier molecular flexibility index (Phi) is 3.37. The molecule has 0 radical (unpaired) electrons. The summed E-state index contributed by atoms with van der Waals surface area (Å²) >= 11 is 0. The molecular weight excluding hydrogens is 252 g/mol. The fourth-order valence-electron chi connectivity index (χ4n) is 2.27. The van der Waals surface area contributed by atoms with Gasteiger partial charge in [-0.1, -0.05) is 30.3 Å². The van der Waals surface area contributed by atoms with Gasteiger partial charge in [0.25, 0.3) is 5.91 Å². The van der Waals surface area contributed by atoms with Crippen LogP contribution in [0.25, 0.3) is 10.8 Å². The van der Waals surface area contributed by atoms with E-state index in [2.05, 4.69) is 5.32 Å². The number of hydrogen-bond acceptors (Lipinski definition) is 2. The lowest BCUT2D eigenvalue weighted by molar-refractivity contribution is -0.133. The van der Waals surface area contributed by atoms with Crippen LogP contribution >= 0.6 is 0 Å². The third kappa shape index (κ3) is 2.50. The molecule has 1 heterocycles. The average Bonchev–Trinajstić information content (AvgIpc) is 2.42. The molecule has 102 valence electrons. The Morgan fingerprint density at radius 1 is 1.05 bits per heavy atom. The lowest BCUT2D eigenvalue weighted by Crippen LogP contribution is -2.47. The zero-order valence-electron chi connectivity index (χ0n) is 11.1. The molecule has 4 heteroatoms. The van der Waals surface area contributed by atoms with Crippen LogP contribution in [-0.4, -0.2) is 36.3 Å². The second kappa shape index (κ2) is 5.33. The molecule has 1 saturated heterocycles. The first-order valence-corrected chi connectivity index (χ1v) is 6.79. The van der Waals surface area contributed by atoms with Crippen molar-refractivity contribution in [2.24, 2.45) is 0 Å². The number of rotatable bonds is 3. The first-order chi connectivity index (χ1) is 9.74. The summed E-state index contributed by atoms with van der Waals surface area (Å²) in [6.07, 6.45) is 1.06. The van der Waals surface area contributed by atoms with Crippen molar-refractivity contribution in [1.29, 1.82) is 0 Å². The van der Waals surface area contributed by atoms with Crippen LogP contribution in [0, 0.1) is 0 Å². The minimum absolute atomic E-state index is 0.00890. The molecule has 3 rings (SSSR count). The van der Waals surface area contributed by atoms with Crippen molar-refractivity contribution in [1.82, 2.24) is 10.2 Å². The number of amides is 2. The number of fused-ring (bicyclic) bond motifs is 1. The van der Waals surface area contributed by atoms with Crippen molar-refractivity contribution in [2.45, 2.75) is 6.42 Å². The lowest BCUT2D eigenvalue weighted by atomic mass is 10.1. The van der Waals surface area contributed by atoms with Gasteiger partial charge in [0.05, 0.1) is 6.54 Å². The second-order valence-electron chi connectivity index (χ2n) is 4.98. The molecule has 0 aliphatic carbocycles. The van der Waals surface area contributed by atoms with Crippen LogP contribution in [0.2, 0.25) is 0 Å². The molecule has 2 aromatic rings. The van der Waals surface area contributed by atoms with E-state index in [1.807, 2.05) is 36.4 Å². The minimum Gasteiger partial charge on any atom is -0.343 e. The van der Waals surface area contributed by atoms with Crippen LogP contribution < -0.4 is 5.32 Å². The van der Waals surface area contributed by atoms with E-state index in [0.717, 1.165) is 30.3 Å². The largest absolute Gasteiger partial charge is 0.343 e. The number of nitrogens with zero attached hydrogens (tertiary/aromatic N) is 1.